The molecule has 1 aliphatic heterocycles. The summed E-state index contributed by atoms with van der Waals surface area (Å²) in [6, 6.07) is 8.46. The molecule has 150 valence electrons. The van der Waals surface area contributed by atoms with Crippen molar-refractivity contribution in [1.82, 2.24) is 19.4 Å². The molecule has 1 saturated heterocycles. The quantitative estimate of drug-likeness (QED) is 0.689. The summed E-state index contributed by atoms with van der Waals surface area (Å²) in [5.74, 6) is 0.978. The largest absolute Gasteiger partial charge is 0.443 e. The normalized spacial score (nSPS) is 16.3. The first-order valence-electron chi connectivity index (χ1n) is 9.28. The third-order valence-electron chi connectivity index (χ3n) is 4.92. The van der Waals surface area contributed by atoms with Gasteiger partial charge in [-0.25, -0.2) is 9.78 Å². The minimum Gasteiger partial charge on any atom is -0.443 e. The molecule has 1 aliphatic rings. The van der Waals surface area contributed by atoms with Crippen molar-refractivity contribution in [3.05, 3.63) is 85.8 Å². The van der Waals surface area contributed by atoms with Crippen LogP contribution in [0.3, 0.4) is 0 Å². The van der Waals surface area contributed by atoms with Crippen LogP contribution in [0.15, 0.2) is 56.7 Å². The lowest BCUT2D eigenvalue weighted by atomic mass is 10.1. The molecule has 0 spiro atoms. The average Bonchev–Trinajstić information content (AvgIpc) is 3.35. The van der Waals surface area contributed by atoms with Gasteiger partial charge in [0.1, 0.15) is 18.3 Å². The molecule has 1 aromatic carbocycles. The number of carbonyl (C=O) groups excluding carboxylic acids is 1. The van der Waals surface area contributed by atoms with E-state index in [2.05, 4.69) is 9.97 Å². The van der Waals surface area contributed by atoms with Gasteiger partial charge < -0.3 is 9.32 Å². The average molecular weight is 415 g/mol. The number of aromatic amines is 1. The topological polar surface area (TPSA) is 101 Å². The van der Waals surface area contributed by atoms with E-state index in [9.17, 15) is 14.4 Å². The Bertz CT molecular complexity index is 1130. The van der Waals surface area contributed by atoms with Crippen LogP contribution in [0.2, 0.25) is 5.02 Å². The number of hydrogen-bond acceptors (Lipinski definition) is 5. The van der Waals surface area contributed by atoms with E-state index in [4.69, 9.17) is 16.0 Å². The third-order valence-corrected chi connectivity index (χ3v) is 5.18. The van der Waals surface area contributed by atoms with Gasteiger partial charge in [0.15, 0.2) is 0 Å². The Morgan fingerprint density at radius 2 is 2.03 bits per heavy atom. The molecule has 3 heterocycles. The van der Waals surface area contributed by atoms with E-state index in [1.165, 1.54) is 16.8 Å². The van der Waals surface area contributed by atoms with Gasteiger partial charge in [-0.2, -0.15) is 0 Å². The van der Waals surface area contributed by atoms with Gasteiger partial charge >= 0.3 is 5.69 Å². The molecule has 3 aromatic rings. The summed E-state index contributed by atoms with van der Waals surface area (Å²) in [6.07, 6.45) is 5.15. The Labute approximate surface area is 170 Å². The number of H-pyrrole nitrogens is 1. The van der Waals surface area contributed by atoms with Crippen molar-refractivity contribution in [2.45, 2.75) is 31.8 Å². The summed E-state index contributed by atoms with van der Waals surface area (Å²) in [5.41, 5.74) is -0.0531. The Hall–Kier alpha value is -3.13. The number of likely N-dealkylation sites (tertiary alicyclic amines) is 1. The zero-order chi connectivity index (χ0) is 20.4. The van der Waals surface area contributed by atoms with Gasteiger partial charge in [0.05, 0.1) is 6.20 Å². The van der Waals surface area contributed by atoms with Gasteiger partial charge in [-0.15, -0.1) is 0 Å². The van der Waals surface area contributed by atoms with Crippen LogP contribution >= 0.6 is 11.6 Å². The van der Waals surface area contributed by atoms with Gasteiger partial charge in [0, 0.05) is 30.3 Å². The molecule has 0 aliphatic carbocycles. The monoisotopic (exact) mass is 414 g/mol. The maximum absolute atomic E-state index is 12.8. The van der Waals surface area contributed by atoms with Crippen molar-refractivity contribution in [2.24, 2.45) is 0 Å². The molecule has 29 heavy (non-hydrogen) atoms. The maximum atomic E-state index is 12.8. The minimum absolute atomic E-state index is 0.148. The SMILES string of the molecule is O=C(Cn1ccc(=O)[nH]c1=O)N1CCC[C@@H]1c1ncc(Cc2ccc(Cl)cc2)o1. The minimum atomic E-state index is -0.608. The zero-order valence-electron chi connectivity index (χ0n) is 15.5. The van der Waals surface area contributed by atoms with Gasteiger partial charge in [0.2, 0.25) is 11.8 Å². The number of aromatic nitrogens is 3. The number of hydrogen-bond donors (Lipinski definition) is 1. The molecule has 1 atom stereocenters. The van der Waals surface area contributed by atoms with E-state index in [0.29, 0.717) is 29.6 Å². The number of halogens is 1. The first-order valence-corrected chi connectivity index (χ1v) is 9.66. The molecule has 0 unspecified atom stereocenters. The maximum Gasteiger partial charge on any atom is 0.328 e. The molecule has 2 aromatic heterocycles. The molecule has 1 amide bonds. The molecule has 4 rings (SSSR count). The highest BCUT2D eigenvalue weighted by Gasteiger charge is 2.33. The van der Waals surface area contributed by atoms with Gasteiger partial charge in [-0.05, 0) is 30.5 Å². The molecule has 0 saturated carbocycles. The van der Waals surface area contributed by atoms with Crippen molar-refractivity contribution < 1.29 is 9.21 Å². The lowest BCUT2D eigenvalue weighted by molar-refractivity contribution is -0.133. The van der Waals surface area contributed by atoms with E-state index in [0.717, 1.165) is 18.4 Å². The van der Waals surface area contributed by atoms with Crippen molar-refractivity contribution in [2.75, 3.05) is 6.54 Å². The van der Waals surface area contributed by atoms with E-state index in [1.54, 1.807) is 11.1 Å². The van der Waals surface area contributed by atoms with Crippen LogP contribution in [0.5, 0.6) is 0 Å². The molecule has 1 N–H and O–H groups in total. The first-order chi connectivity index (χ1) is 14.0. The second-order valence-corrected chi connectivity index (χ2v) is 7.39. The van der Waals surface area contributed by atoms with E-state index in [-0.39, 0.29) is 18.5 Å². The van der Waals surface area contributed by atoms with Crippen LogP contribution < -0.4 is 11.2 Å². The summed E-state index contributed by atoms with van der Waals surface area (Å²) in [5, 5.41) is 0.675. The summed E-state index contributed by atoms with van der Waals surface area (Å²) in [4.78, 5) is 44.0. The predicted molar refractivity (Wildman–Crippen MR) is 106 cm³/mol. The smallest absolute Gasteiger partial charge is 0.328 e. The van der Waals surface area contributed by atoms with Crippen LogP contribution in [0.1, 0.15) is 36.1 Å². The third kappa shape index (κ3) is 4.32. The summed E-state index contributed by atoms with van der Waals surface area (Å²) < 4.78 is 7.10. The standard InChI is InChI=1S/C20H19ClN4O4/c21-14-5-3-13(4-6-14)10-15-11-22-19(29-15)16-2-1-8-25(16)18(27)12-24-9-7-17(26)23-20(24)28/h3-7,9,11,16H,1-2,8,10,12H2,(H,23,26,28)/t16-/m1/s1. The van der Waals surface area contributed by atoms with Crippen molar-refractivity contribution in [1.29, 1.82) is 0 Å². The fourth-order valence-electron chi connectivity index (χ4n) is 3.49. The Morgan fingerprint density at radius 1 is 1.24 bits per heavy atom. The fourth-order valence-corrected chi connectivity index (χ4v) is 3.62. The van der Waals surface area contributed by atoms with Crippen molar-refractivity contribution in [3.63, 3.8) is 0 Å². The van der Waals surface area contributed by atoms with E-state index < -0.39 is 11.2 Å². The highest BCUT2D eigenvalue weighted by molar-refractivity contribution is 6.30. The van der Waals surface area contributed by atoms with Crippen LogP contribution in [0.4, 0.5) is 0 Å². The second-order valence-electron chi connectivity index (χ2n) is 6.95. The molecule has 0 bridgehead atoms. The van der Waals surface area contributed by atoms with Gasteiger partial charge in [0.25, 0.3) is 5.56 Å². The number of oxazole rings is 1. The lowest BCUT2D eigenvalue weighted by Gasteiger charge is -2.22. The first kappa shape index (κ1) is 19.2. The summed E-state index contributed by atoms with van der Waals surface area (Å²) in [6.45, 7) is 0.418. The summed E-state index contributed by atoms with van der Waals surface area (Å²) >= 11 is 5.91. The fraction of sp³-hybridized carbons (Fsp3) is 0.300. The van der Waals surface area contributed by atoms with Gasteiger partial charge in [-0.1, -0.05) is 23.7 Å². The van der Waals surface area contributed by atoms with Crippen LogP contribution in [-0.2, 0) is 17.8 Å². The Morgan fingerprint density at radius 3 is 2.79 bits per heavy atom. The molecule has 8 nitrogen and oxygen atoms in total. The summed E-state index contributed by atoms with van der Waals surface area (Å²) in [7, 11) is 0. The van der Waals surface area contributed by atoms with Crippen LogP contribution in [0.25, 0.3) is 0 Å². The number of amides is 1. The number of nitrogens with one attached hydrogen (secondary N) is 1. The van der Waals surface area contributed by atoms with E-state index in [1.807, 2.05) is 24.3 Å². The zero-order valence-corrected chi connectivity index (χ0v) is 16.3. The number of benzene rings is 1. The molecule has 9 heteroatoms. The molecular formula is C20H19ClN4O4. The predicted octanol–water partition coefficient (Wildman–Crippen LogP) is 2.13. The van der Waals surface area contributed by atoms with Crippen LogP contribution in [-0.4, -0.2) is 31.9 Å². The van der Waals surface area contributed by atoms with Crippen molar-refractivity contribution >= 4 is 17.5 Å². The van der Waals surface area contributed by atoms with Crippen molar-refractivity contribution in [3.8, 4) is 0 Å². The number of carbonyl (C=O) groups is 1. The Kier molecular flexibility index (Phi) is 5.35. The highest BCUT2D eigenvalue weighted by Crippen LogP contribution is 2.32. The lowest BCUT2D eigenvalue weighted by Crippen LogP contribution is -2.38. The Balaban J connectivity index is 1.47. The van der Waals surface area contributed by atoms with E-state index >= 15 is 0 Å². The number of rotatable bonds is 5. The molecule has 0 radical (unpaired) electrons. The highest BCUT2D eigenvalue weighted by atomic mass is 35.5. The second kappa shape index (κ2) is 8.08. The number of nitrogens with zero attached hydrogens (tertiary/aromatic N) is 3. The van der Waals surface area contributed by atoms with Crippen LogP contribution in [0, 0.1) is 0 Å². The molecular weight excluding hydrogens is 396 g/mol. The molecule has 1 fully saturated rings. The van der Waals surface area contributed by atoms with Gasteiger partial charge in [-0.3, -0.25) is 19.1 Å².